The molecule has 2 aromatic rings. The number of aromatic carboxylic acids is 1. The predicted molar refractivity (Wildman–Crippen MR) is 85.4 cm³/mol. The van der Waals surface area contributed by atoms with Crippen LogP contribution >= 0.6 is 11.6 Å². The molecule has 0 saturated carbocycles. The molecule has 0 unspecified atom stereocenters. The molecule has 0 aromatic heterocycles. The smallest absolute Gasteiger partial charge is 0.336 e. The van der Waals surface area contributed by atoms with Crippen molar-refractivity contribution in [3.8, 4) is 11.5 Å². The fourth-order valence-corrected chi connectivity index (χ4v) is 2.61. The van der Waals surface area contributed by atoms with Gasteiger partial charge in [-0.05, 0) is 42.7 Å². The molecule has 0 spiro atoms. The fraction of sp³-hybridized carbons (Fsp3) is 0.235. The van der Waals surface area contributed by atoms with Crippen LogP contribution in [-0.4, -0.2) is 25.3 Å². The molecule has 0 bridgehead atoms. The first kappa shape index (κ1) is 16.2. The molecule has 0 aliphatic carbocycles. The average molecular weight is 321 g/mol. The predicted octanol–water partition coefficient (Wildman–Crippen LogP) is 3.84. The Hall–Kier alpha value is -2.20. The largest absolute Gasteiger partial charge is 0.493 e. The molecule has 0 amide bonds. The highest BCUT2D eigenvalue weighted by Crippen LogP contribution is 2.34. The molecular weight excluding hydrogens is 304 g/mol. The molecule has 0 fully saturated rings. The third-order valence-corrected chi connectivity index (χ3v) is 3.67. The summed E-state index contributed by atoms with van der Waals surface area (Å²) in [6, 6.07) is 10.6. The van der Waals surface area contributed by atoms with E-state index in [1.165, 1.54) is 20.3 Å². The Bertz CT molecular complexity index is 682. The summed E-state index contributed by atoms with van der Waals surface area (Å²) in [4.78, 5) is 11.4. The van der Waals surface area contributed by atoms with Crippen LogP contribution in [0.15, 0.2) is 36.4 Å². The highest BCUT2D eigenvalue weighted by atomic mass is 35.5. The average Bonchev–Trinajstić information content (AvgIpc) is 2.51. The summed E-state index contributed by atoms with van der Waals surface area (Å²) in [5, 5.41) is 10.0. The number of hydrogen-bond acceptors (Lipinski definition) is 3. The molecule has 1 N–H and O–H groups in total. The molecule has 2 rings (SSSR count). The third kappa shape index (κ3) is 3.52. The lowest BCUT2D eigenvalue weighted by Gasteiger charge is -2.15. The third-order valence-electron chi connectivity index (χ3n) is 3.43. The summed E-state index contributed by atoms with van der Waals surface area (Å²) in [6.45, 7) is 0. The van der Waals surface area contributed by atoms with Crippen molar-refractivity contribution in [1.82, 2.24) is 0 Å². The van der Waals surface area contributed by atoms with Crippen molar-refractivity contribution in [1.29, 1.82) is 0 Å². The second-order valence-corrected chi connectivity index (χ2v) is 5.20. The van der Waals surface area contributed by atoms with Gasteiger partial charge in [0.05, 0.1) is 19.8 Å². The number of benzene rings is 2. The summed E-state index contributed by atoms with van der Waals surface area (Å²) in [6.07, 6.45) is 1.17. The number of carbonyl (C=O) groups is 1. The first-order chi connectivity index (χ1) is 10.6. The van der Waals surface area contributed by atoms with Gasteiger partial charge in [0.1, 0.15) is 0 Å². The first-order valence-corrected chi connectivity index (χ1v) is 7.16. The van der Waals surface area contributed by atoms with Gasteiger partial charge in [-0.1, -0.05) is 23.7 Å². The van der Waals surface area contributed by atoms with Crippen molar-refractivity contribution >= 4 is 17.6 Å². The van der Waals surface area contributed by atoms with Crippen molar-refractivity contribution in [3.05, 3.63) is 58.1 Å². The van der Waals surface area contributed by atoms with Gasteiger partial charge in [-0.15, -0.1) is 0 Å². The molecule has 5 heteroatoms. The van der Waals surface area contributed by atoms with Crippen molar-refractivity contribution in [2.24, 2.45) is 0 Å². The summed E-state index contributed by atoms with van der Waals surface area (Å²) in [5.74, 6) is 0.0000642. The molecule has 116 valence electrons. The van der Waals surface area contributed by atoms with Crippen LogP contribution in [0.3, 0.4) is 0 Å². The highest BCUT2D eigenvalue weighted by molar-refractivity contribution is 6.30. The van der Waals surface area contributed by atoms with Gasteiger partial charge >= 0.3 is 5.97 Å². The van der Waals surface area contributed by atoms with Gasteiger partial charge in [-0.25, -0.2) is 4.79 Å². The van der Waals surface area contributed by atoms with Crippen molar-refractivity contribution < 1.29 is 19.4 Å². The Morgan fingerprint density at radius 3 is 2.50 bits per heavy atom. The molecular formula is C17H17ClO4. The number of carboxylic acids is 1. The Labute approximate surface area is 134 Å². The van der Waals surface area contributed by atoms with E-state index in [9.17, 15) is 9.90 Å². The quantitative estimate of drug-likeness (QED) is 0.878. The maximum atomic E-state index is 11.4. The minimum absolute atomic E-state index is 0.222. The van der Waals surface area contributed by atoms with Gasteiger partial charge in [-0.3, -0.25) is 0 Å². The lowest BCUT2D eigenvalue weighted by molar-refractivity contribution is 0.0695. The van der Waals surface area contributed by atoms with E-state index >= 15 is 0 Å². The minimum atomic E-state index is -0.984. The van der Waals surface area contributed by atoms with Gasteiger partial charge in [0.15, 0.2) is 11.5 Å². The zero-order valence-electron chi connectivity index (χ0n) is 12.4. The molecule has 0 radical (unpaired) electrons. The minimum Gasteiger partial charge on any atom is -0.493 e. The van der Waals surface area contributed by atoms with Gasteiger partial charge < -0.3 is 14.6 Å². The Morgan fingerprint density at radius 2 is 1.91 bits per heavy atom. The maximum Gasteiger partial charge on any atom is 0.336 e. The maximum absolute atomic E-state index is 11.4. The normalized spacial score (nSPS) is 10.3. The van der Waals surface area contributed by atoms with Crippen molar-refractivity contribution in [2.45, 2.75) is 12.8 Å². The first-order valence-electron chi connectivity index (χ1n) is 6.78. The van der Waals surface area contributed by atoms with Crippen LogP contribution in [-0.2, 0) is 12.8 Å². The monoisotopic (exact) mass is 320 g/mol. The lowest BCUT2D eigenvalue weighted by atomic mass is 9.98. The van der Waals surface area contributed by atoms with Crippen LogP contribution in [0.4, 0.5) is 0 Å². The zero-order valence-corrected chi connectivity index (χ0v) is 13.2. The second-order valence-electron chi connectivity index (χ2n) is 4.76. The number of ether oxygens (including phenoxy) is 2. The number of halogens is 1. The molecule has 4 nitrogen and oxygen atoms in total. The van der Waals surface area contributed by atoms with Crippen molar-refractivity contribution in [2.75, 3.05) is 14.2 Å². The lowest BCUT2D eigenvalue weighted by Crippen LogP contribution is -2.07. The second kappa shape index (κ2) is 7.18. The van der Waals surface area contributed by atoms with E-state index in [0.29, 0.717) is 34.9 Å². The topological polar surface area (TPSA) is 55.8 Å². The van der Waals surface area contributed by atoms with E-state index in [1.54, 1.807) is 12.1 Å². The molecule has 0 heterocycles. The van der Waals surface area contributed by atoms with Crippen molar-refractivity contribution in [3.63, 3.8) is 0 Å². The van der Waals surface area contributed by atoms with Crippen LogP contribution in [0.25, 0.3) is 0 Å². The Morgan fingerprint density at radius 1 is 1.14 bits per heavy atom. The van der Waals surface area contributed by atoms with Gasteiger partial charge in [-0.2, -0.15) is 0 Å². The fourth-order valence-electron chi connectivity index (χ4n) is 2.40. The number of hydrogen-bond donors (Lipinski definition) is 1. The summed E-state index contributed by atoms with van der Waals surface area (Å²) < 4.78 is 10.6. The molecule has 0 atom stereocenters. The summed E-state index contributed by atoms with van der Waals surface area (Å²) >= 11 is 5.98. The van der Waals surface area contributed by atoms with E-state index in [1.807, 2.05) is 18.2 Å². The molecule has 0 aliphatic rings. The molecule has 22 heavy (non-hydrogen) atoms. The van der Waals surface area contributed by atoms with Crippen LogP contribution in [0.1, 0.15) is 21.5 Å². The Kier molecular flexibility index (Phi) is 5.28. The van der Waals surface area contributed by atoms with Crippen LogP contribution in [0, 0.1) is 0 Å². The van der Waals surface area contributed by atoms with Crippen LogP contribution in [0.5, 0.6) is 11.5 Å². The van der Waals surface area contributed by atoms with Crippen LogP contribution < -0.4 is 9.47 Å². The summed E-state index contributed by atoms with van der Waals surface area (Å²) in [5.41, 5.74) is 1.88. The molecule has 2 aromatic carbocycles. The van der Waals surface area contributed by atoms with E-state index in [2.05, 4.69) is 0 Å². The number of rotatable bonds is 6. The summed E-state index contributed by atoms with van der Waals surface area (Å²) in [7, 11) is 3.03. The number of aryl methyl sites for hydroxylation is 1. The SMILES string of the molecule is COc1ccc(C(=O)O)c(CCc2cccc(Cl)c2)c1OC. The highest BCUT2D eigenvalue weighted by Gasteiger charge is 2.19. The molecule has 0 saturated heterocycles. The van der Waals surface area contributed by atoms with Gasteiger partial charge in [0, 0.05) is 10.6 Å². The van der Waals surface area contributed by atoms with Crippen LogP contribution in [0.2, 0.25) is 5.02 Å². The van der Waals surface area contributed by atoms with E-state index in [4.69, 9.17) is 21.1 Å². The number of carboxylic acid groups (broad SMARTS) is 1. The van der Waals surface area contributed by atoms with E-state index in [-0.39, 0.29) is 5.56 Å². The van der Waals surface area contributed by atoms with Gasteiger partial charge in [0.2, 0.25) is 0 Å². The Balaban J connectivity index is 2.37. The van der Waals surface area contributed by atoms with Gasteiger partial charge in [0.25, 0.3) is 0 Å². The van der Waals surface area contributed by atoms with E-state index in [0.717, 1.165) is 5.56 Å². The molecule has 0 aliphatic heterocycles. The van der Waals surface area contributed by atoms with E-state index < -0.39 is 5.97 Å². The zero-order chi connectivity index (χ0) is 16.1. The number of methoxy groups -OCH3 is 2. The standard InChI is InChI=1S/C17H17ClO4/c1-21-15-9-8-14(17(19)20)13(16(15)22-2)7-6-11-4-3-5-12(18)10-11/h3-5,8-10H,6-7H2,1-2H3,(H,19,20).